The molecule has 9 heteroatoms. The zero-order valence-electron chi connectivity index (χ0n) is 15.9. The van der Waals surface area contributed by atoms with E-state index in [-0.39, 0.29) is 24.0 Å². The van der Waals surface area contributed by atoms with Gasteiger partial charge in [-0.1, -0.05) is 0 Å². The molecule has 0 radical (unpaired) electrons. The largest absolute Gasteiger partial charge is 0.331 e. The summed E-state index contributed by atoms with van der Waals surface area (Å²) in [6.45, 7) is 4.75. The third-order valence-corrected chi connectivity index (χ3v) is 5.88. The lowest BCUT2D eigenvalue weighted by molar-refractivity contribution is -0.134. The number of aryl methyl sites for hydroxylation is 1. The molecule has 142 valence electrons. The number of carbonyl (C=O) groups is 3. The number of likely N-dealkylation sites (tertiary alicyclic amines) is 1. The van der Waals surface area contributed by atoms with Crippen LogP contribution in [-0.2, 0) is 11.8 Å². The second-order valence-corrected chi connectivity index (χ2v) is 7.20. The Balaban J connectivity index is 1.63. The molecule has 0 bridgehead atoms. The van der Waals surface area contributed by atoms with Crippen molar-refractivity contribution in [3.05, 3.63) is 17.5 Å². The molecule has 2 saturated heterocycles. The molecule has 0 aliphatic carbocycles. The predicted molar refractivity (Wildman–Crippen MR) is 94.4 cm³/mol. The summed E-state index contributed by atoms with van der Waals surface area (Å²) in [5, 5.41) is 7.21. The summed E-state index contributed by atoms with van der Waals surface area (Å²) in [6, 6.07) is -0.604. The van der Waals surface area contributed by atoms with Crippen molar-refractivity contribution in [3.63, 3.8) is 0 Å². The molecule has 2 aliphatic rings. The number of piperidine rings is 1. The zero-order valence-corrected chi connectivity index (χ0v) is 15.9. The first kappa shape index (κ1) is 18.2. The molecule has 2 fully saturated rings. The van der Waals surface area contributed by atoms with Gasteiger partial charge in [0.05, 0.1) is 12.2 Å². The average Bonchev–Trinajstić information content (AvgIpc) is 3.03. The van der Waals surface area contributed by atoms with Crippen LogP contribution in [-0.4, -0.2) is 75.2 Å². The maximum Gasteiger partial charge on any atom is 0.327 e. The van der Waals surface area contributed by atoms with Crippen molar-refractivity contribution >= 4 is 18.0 Å². The molecule has 1 spiro atoms. The average molecular weight is 362 g/mol. The highest BCUT2D eigenvalue weighted by atomic mass is 16.2. The molecular weight excluding hydrogens is 336 g/mol. The predicted octanol–water partition coefficient (Wildman–Crippen LogP) is 0.858. The molecule has 1 N–H and O–H groups in total. The number of imide groups is 1. The van der Waals surface area contributed by atoms with Crippen LogP contribution in [0.3, 0.4) is 0 Å². The SMILES string of the molecule is Cc1c([C@@H](C)NC(=O)N2CCC3(CC2)C(=O)N(C)C(=O)N3C)cnn1C. The number of carbonyl (C=O) groups excluding carboxylic acids is 3. The first-order valence-electron chi connectivity index (χ1n) is 8.79. The van der Waals surface area contributed by atoms with E-state index in [9.17, 15) is 14.4 Å². The molecule has 1 aromatic heterocycles. The molecule has 26 heavy (non-hydrogen) atoms. The number of likely N-dealkylation sites (N-methyl/N-ethyl adjacent to an activating group) is 2. The number of nitrogens with zero attached hydrogens (tertiary/aromatic N) is 5. The number of hydrogen-bond acceptors (Lipinski definition) is 4. The first-order valence-corrected chi connectivity index (χ1v) is 8.79. The summed E-state index contributed by atoms with van der Waals surface area (Å²) in [5.74, 6) is -0.176. The van der Waals surface area contributed by atoms with Crippen molar-refractivity contribution in [1.82, 2.24) is 29.8 Å². The van der Waals surface area contributed by atoms with Crippen LogP contribution in [0.2, 0.25) is 0 Å². The topological polar surface area (TPSA) is 90.8 Å². The molecule has 3 rings (SSSR count). The van der Waals surface area contributed by atoms with Gasteiger partial charge in [-0.3, -0.25) is 14.4 Å². The Morgan fingerprint density at radius 1 is 1.23 bits per heavy atom. The van der Waals surface area contributed by atoms with E-state index in [4.69, 9.17) is 0 Å². The lowest BCUT2D eigenvalue weighted by atomic mass is 9.86. The fourth-order valence-corrected chi connectivity index (χ4v) is 3.87. The molecule has 0 aromatic carbocycles. The van der Waals surface area contributed by atoms with E-state index in [0.29, 0.717) is 25.9 Å². The van der Waals surface area contributed by atoms with E-state index < -0.39 is 5.54 Å². The molecule has 3 heterocycles. The first-order chi connectivity index (χ1) is 12.2. The maximum absolute atomic E-state index is 12.6. The fraction of sp³-hybridized carbons (Fsp3) is 0.647. The molecular formula is C17H26N6O3. The van der Waals surface area contributed by atoms with Gasteiger partial charge in [0.25, 0.3) is 5.91 Å². The van der Waals surface area contributed by atoms with Crippen LogP contribution in [0.25, 0.3) is 0 Å². The van der Waals surface area contributed by atoms with Crippen molar-refractivity contribution in [2.24, 2.45) is 7.05 Å². The normalized spacial score (nSPS) is 20.9. The van der Waals surface area contributed by atoms with E-state index in [1.165, 1.54) is 16.8 Å². The third kappa shape index (κ3) is 2.62. The number of rotatable bonds is 2. The summed E-state index contributed by atoms with van der Waals surface area (Å²) in [7, 11) is 5.03. The highest BCUT2D eigenvalue weighted by Crippen LogP contribution is 2.35. The van der Waals surface area contributed by atoms with Crippen LogP contribution >= 0.6 is 0 Å². The second-order valence-electron chi connectivity index (χ2n) is 7.20. The molecule has 9 nitrogen and oxygen atoms in total. The molecule has 1 atom stereocenters. The number of nitrogens with one attached hydrogen (secondary N) is 1. The van der Waals surface area contributed by atoms with Crippen LogP contribution in [0.1, 0.15) is 37.1 Å². The van der Waals surface area contributed by atoms with Crippen LogP contribution in [0, 0.1) is 6.92 Å². The van der Waals surface area contributed by atoms with Gasteiger partial charge >= 0.3 is 12.1 Å². The van der Waals surface area contributed by atoms with Gasteiger partial charge in [0.15, 0.2) is 0 Å². The number of hydrogen-bond donors (Lipinski definition) is 1. The summed E-state index contributed by atoms with van der Waals surface area (Å²) in [5.41, 5.74) is 1.18. The minimum absolute atomic E-state index is 0.157. The highest BCUT2D eigenvalue weighted by molar-refractivity contribution is 6.06. The van der Waals surface area contributed by atoms with Gasteiger partial charge in [-0.2, -0.15) is 5.10 Å². The molecule has 2 aliphatic heterocycles. The Hall–Kier alpha value is -2.58. The van der Waals surface area contributed by atoms with E-state index >= 15 is 0 Å². The zero-order chi connectivity index (χ0) is 19.2. The highest BCUT2D eigenvalue weighted by Gasteiger charge is 2.55. The van der Waals surface area contributed by atoms with E-state index in [2.05, 4.69) is 10.4 Å². The Bertz CT molecular complexity index is 750. The lowest BCUT2D eigenvalue weighted by Gasteiger charge is -2.40. The van der Waals surface area contributed by atoms with Gasteiger partial charge in [-0.05, 0) is 26.7 Å². The summed E-state index contributed by atoms with van der Waals surface area (Å²) in [6.07, 6.45) is 2.66. The molecule has 0 saturated carbocycles. The molecule has 5 amide bonds. The van der Waals surface area contributed by atoms with Crippen molar-refractivity contribution in [2.45, 2.75) is 38.3 Å². The van der Waals surface area contributed by atoms with Gasteiger partial charge < -0.3 is 15.1 Å². The fourth-order valence-electron chi connectivity index (χ4n) is 3.87. The Kier molecular flexibility index (Phi) is 4.41. The van der Waals surface area contributed by atoms with Crippen LogP contribution in [0.5, 0.6) is 0 Å². The number of aromatic nitrogens is 2. The summed E-state index contributed by atoms with van der Waals surface area (Å²) in [4.78, 5) is 41.6. The van der Waals surface area contributed by atoms with Gasteiger partial charge in [-0.25, -0.2) is 9.59 Å². The van der Waals surface area contributed by atoms with Gasteiger partial charge in [0.2, 0.25) is 0 Å². The number of amides is 5. The Morgan fingerprint density at radius 2 is 1.85 bits per heavy atom. The molecule has 1 aromatic rings. The van der Waals surface area contributed by atoms with E-state index in [1.54, 1.807) is 22.8 Å². The van der Waals surface area contributed by atoms with E-state index in [1.807, 2.05) is 20.9 Å². The van der Waals surface area contributed by atoms with Crippen LogP contribution < -0.4 is 5.32 Å². The lowest BCUT2D eigenvalue weighted by Crippen LogP contribution is -2.57. The monoisotopic (exact) mass is 362 g/mol. The van der Waals surface area contributed by atoms with Crippen molar-refractivity contribution in [1.29, 1.82) is 0 Å². The second kappa shape index (κ2) is 6.30. The molecule has 0 unspecified atom stereocenters. The van der Waals surface area contributed by atoms with Gasteiger partial charge in [0.1, 0.15) is 5.54 Å². The minimum atomic E-state index is -0.811. The van der Waals surface area contributed by atoms with Gasteiger partial charge in [-0.15, -0.1) is 0 Å². The summed E-state index contributed by atoms with van der Waals surface area (Å²) >= 11 is 0. The standard InChI is InChI=1S/C17H26N6O3/c1-11(13-10-18-22(5)12(13)2)19-15(25)23-8-6-17(7-9-23)14(24)20(3)16(26)21(17)4/h10-11H,6-9H2,1-5H3,(H,19,25)/t11-/m1/s1. The quantitative estimate of drug-likeness (QED) is 0.790. The maximum atomic E-state index is 12.6. The van der Waals surface area contributed by atoms with Crippen LogP contribution in [0.15, 0.2) is 6.20 Å². The van der Waals surface area contributed by atoms with Crippen molar-refractivity contribution in [2.75, 3.05) is 27.2 Å². The smallest absolute Gasteiger partial charge is 0.327 e. The summed E-state index contributed by atoms with van der Waals surface area (Å²) < 4.78 is 1.78. The Labute approximate surface area is 152 Å². The van der Waals surface area contributed by atoms with Crippen molar-refractivity contribution in [3.8, 4) is 0 Å². The van der Waals surface area contributed by atoms with Crippen LogP contribution in [0.4, 0.5) is 9.59 Å². The van der Waals surface area contributed by atoms with E-state index in [0.717, 1.165) is 11.3 Å². The number of urea groups is 2. The third-order valence-electron chi connectivity index (χ3n) is 5.88. The van der Waals surface area contributed by atoms with Crippen molar-refractivity contribution < 1.29 is 14.4 Å². The van der Waals surface area contributed by atoms with Gasteiger partial charge in [0, 0.05) is 45.5 Å². The Morgan fingerprint density at radius 3 is 2.31 bits per heavy atom. The minimum Gasteiger partial charge on any atom is -0.331 e.